The highest BCUT2D eigenvalue weighted by Crippen LogP contribution is 2.36. The zero-order valence-corrected chi connectivity index (χ0v) is 8.18. The van der Waals surface area contributed by atoms with Crippen molar-refractivity contribution in [2.75, 3.05) is 0 Å². The Balaban J connectivity index is 2.53. The van der Waals surface area contributed by atoms with Crippen molar-refractivity contribution in [1.29, 1.82) is 0 Å². The smallest absolute Gasteiger partial charge is 0.0177 e. The van der Waals surface area contributed by atoms with Crippen LogP contribution in [0.25, 0.3) is 0 Å². The van der Waals surface area contributed by atoms with Gasteiger partial charge in [0.1, 0.15) is 0 Å². The molecule has 0 nitrogen and oxygen atoms in total. The topological polar surface area (TPSA) is 0 Å². The van der Waals surface area contributed by atoms with E-state index in [0.717, 1.165) is 11.8 Å². The Kier molecular flexibility index (Phi) is 3.58. The monoisotopic (exact) mass is 164 g/mol. The maximum atomic E-state index is 4.08. The summed E-state index contributed by atoms with van der Waals surface area (Å²) in [5.74, 6) is 1.62. The van der Waals surface area contributed by atoms with Crippen LogP contribution in [-0.2, 0) is 0 Å². The number of rotatable bonds is 3. The van der Waals surface area contributed by atoms with Gasteiger partial charge < -0.3 is 0 Å². The first-order valence-corrected chi connectivity index (χ1v) is 5.02. The van der Waals surface area contributed by atoms with Gasteiger partial charge in [-0.05, 0) is 38.0 Å². The highest BCUT2D eigenvalue weighted by molar-refractivity contribution is 5.01. The van der Waals surface area contributed by atoms with Gasteiger partial charge in [-0.2, -0.15) is 0 Å². The lowest BCUT2D eigenvalue weighted by Crippen LogP contribution is -2.19. The lowest BCUT2D eigenvalue weighted by atomic mass is 9.74. The standard InChI is InChI=1S/C12H20/c1-4-7-11-8-5-6-9-12(11)10(2)3/h4,11-12H,1-2,5-9H2,3H3/t11-,12-/m1/s1. The molecule has 12 heavy (non-hydrogen) atoms. The van der Waals surface area contributed by atoms with Crippen LogP contribution in [0.15, 0.2) is 24.8 Å². The highest BCUT2D eigenvalue weighted by atomic mass is 14.3. The minimum absolute atomic E-state index is 0.775. The first-order valence-electron chi connectivity index (χ1n) is 5.02. The van der Waals surface area contributed by atoms with Gasteiger partial charge in [0.25, 0.3) is 0 Å². The molecular formula is C12H20. The Bertz CT molecular complexity index is 167. The van der Waals surface area contributed by atoms with Crippen molar-refractivity contribution in [2.24, 2.45) is 11.8 Å². The third-order valence-electron chi connectivity index (χ3n) is 3.01. The fourth-order valence-electron chi connectivity index (χ4n) is 2.35. The summed E-state index contributed by atoms with van der Waals surface area (Å²) in [5.41, 5.74) is 1.38. The number of hydrogen-bond donors (Lipinski definition) is 0. The summed E-state index contributed by atoms with van der Waals surface area (Å²) in [7, 11) is 0. The molecule has 0 saturated heterocycles. The molecule has 0 N–H and O–H groups in total. The van der Waals surface area contributed by atoms with Gasteiger partial charge in [0.15, 0.2) is 0 Å². The number of hydrogen-bond acceptors (Lipinski definition) is 0. The van der Waals surface area contributed by atoms with Crippen molar-refractivity contribution < 1.29 is 0 Å². The van der Waals surface area contributed by atoms with Crippen molar-refractivity contribution in [1.82, 2.24) is 0 Å². The summed E-state index contributed by atoms with van der Waals surface area (Å²) in [6, 6.07) is 0. The normalized spacial score (nSPS) is 29.8. The quantitative estimate of drug-likeness (QED) is 0.554. The van der Waals surface area contributed by atoms with Gasteiger partial charge in [0, 0.05) is 0 Å². The Morgan fingerprint density at radius 1 is 1.42 bits per heavy atom. The van der Waals surface area contributed by atoms with E-state index < -0.39 is 0 Å². The van der Waals surface area contributed by atoms with Gasteiger partial charge in [-0.25, -0.2) is 0 Å². The van der Waals surface area contributed by atoms with E-state index in [1.54, 1.807) is 0 Å². The van der Waals surface area contributed by atoms with Gasteiger partial charge in [0.2, 0.25) is 0 Å². The van der Waals surface area contributed by atoms with Crippen LogP contribution in [-0.4, -0.2) is 0 Å². The average Bonchev–Trinajstić information content (AvgIpc) is 2.05. The predicted molar refractivity (Wildman–Crippen MR) is 55.1 cm³/mol. The molecule has 68 valence electrons. The zero-order valence-electron chi connectivity index (χ0n) is 8.18. The predicted octanol–water partition coefficient (Wildman–Crippen LogP) is 3.95. The molecule has 1 aliphatic rings. The van der Waals surface area contributed by atoms with Crippen LogP contribution in [0.5, 0.6) is 0 Å². The van der Waals surface area contributed by atoms with Crippen molar-refractivity contribution in [3.05, 3.63) is 24.8 Å². The van der Waals surface area contributed by atoms with Crippen molar-refractivity contribution in [2.45, 2.75) is 39.0 Å². The third kappa shape index (κ3) is 2.23. The molecule has 0 unspecified atom stereocenters. The van der Waals surface area contributed by atoms with Crippen molar-refractivity contribution in [3.63, 3.8) is 0 Å². The SMILES string of the molecule is C=CC[C@@H]1CCCC[C@@H]1C(=C)C. The Morgan fingerprint density at radius 2 is 2.08 bits per heavy atom. The Hall–Kier alpha value is -0.520. The van der Waals surface area contributed by atoms with Crippen LogP contribution in [0.3, 0.4) is 0 Å². The van der Waals surface area contributed by atoms with Crippen molar-refractivity contribution >= 4 is 0 Å². The van der Waals surface area contributed by atoms with E-state index in [1.807, 2.05) is 0 Å². The fourth-order valence-corrected chi connectivity index (χ4v) is 2.35. The van der Waals surface area contributed by atoms with Crippen LogP contribution in [0.1, 0.15) is 39.0 Å². The summed E-state index contributed by atoms with van der Waals surface area (Å²) in [5, 5.41) is 0. The van der Waals surface area contributed by atoms with Crippen molar-refractivity contribution in [3.8, 4) is 0 Å². The maximum Gasteiger partial charge on any atom is -0.0177 e. The molecule has 0 spiro atoms. The average molecular weight is 164 g/mol. The van der Waals surface area contributed by atoms with E-state index in [0.29, 0.717) is 0 Å². The van der Waals surface area contributed by atoms with E-state index in [4.69, 9.17) is 0 Å². The molecule has 1 aliphatic carbocycles. The second-order valence-corrected chi connectivity index (χ2v) is 4.02. The van der Waals surface area contributed by atoms with Gasteiger partial charge in [0.05, 0.1) is 0 Å². The molecule has 1 saturated carbocycles. The van der Waals surface area contributed by atoms with E-state index >= 15 is 0 Å². The largest absolute Gasteiger partial charge is 0.103 e. The van der Waals surface area contributed by atoms with E-state index in [9.17, 15) is 0 Å². The highest BCUT2D eigenvalue weighted by Gasteiger charge is 2.23. The minimum Gasteiger partial charge on any atom is -0.103 e. The first-order chi connectivity index (χ1) is 5.75. The van der Waals surface area contributed by atoms with Gasteiger partial charge in [-0.15, -0.1) is 6.58 Å². The molecule has 0 amide bonds. The molecule has 0 aliphatic heterocycles. The summed E-state index contributed by atoms with van der Waals surface area (Å²) in [6.45, 7) is 10.1. The van der Waals surface area contributed by atoms with Crippen LogP contribution >= 0.6 is 0 Å². The molecule has 0 heteroatoms. The minimum atomic E-state index is 0.775. The van der Waals surface area contributed by atoms with Crippen LogP contribution < -0.4 is 0 Å². The van der Waals surface area contributed by atoms with E-state index in [1.165, 1.54) is 37.7 Å². The molecule has 0 aromatic heterocycles. The summed E-state index contributed by atoms with van der Waals surface area (Å²) < 4.78 is 0. The summed E-state index contributed by atoms with van der Waals surface area (Å²) in [4.78, 5) is 0. The molecule has 1 rings (SSSR count). The van der Waals surface area contributed by atoms with E-state index in [-0.39, 0.29) is 0 Å². The zero-order chi connectivity index (χ0) is 8.97. The molecule has 0 aromatic rings. The van der Waals surface area contributed by atoms with E-state index in [2.05, 4.69) is 26.2 Å². The molecule has 0 heterocycles. The van der Waals surface area contributed by atoms with Crippen LogP contribution in [0, 0.1) is 11.8 Å². The molecule has 0 bridgehead atoms. The van der Waals surface area contributed by atoms with Crippen LogP contribution in [0.4, 0.5) is 0 Å². The molecule has 2 atom stereocenters. The third-order valence-corrected chi connectivity index (χ3v) is 3.01. The Labute approximate surface area is 76.4 Å². The molecule has 0 aromatic carbocycles. The second kappa shape index (κ2) is 4.49. The van der Waals surface area contributed by atoms with Gasteiger partial charge >= 0.3 is 0 Å². The summed E-state index contributed by atoms with van der Waals surface area (Å²) >= 11 is 0. The first kappa shape index (κ1) is 9.57. The number of allylic oxidation sites excluding steroid dienone is 2. The maximum absolute atomic E-state index is 4.08. The van der Waals surface area contributed by atoms with Gasteiger partial charge in [-0.1, -0.05) is 31.1 Å². The summed E-state index contributed by atoms with van der Waals surface area (Å²) in [6.07, 6.45) is 8.77. The molecule has 0 radical (unpaired) electrons. The fraction of sp³-hybridized carbons (Fsp3) is 0.667. The Morgan fingerprint density at radius 3 is 2.67 bits per heavy atom. The molecule has 1 fully saturated rings. The molecular weight excluding hydrogens is 144 g/mol. The van der Waals surface area contributed by atoms with Gasteiger partial charge in [-0.3, -0.25) is 0 Å². The van der Waals surface area contributed by atoms with Crippen LogP contribution in [0.2, 0.25) is 0 Å². The lowest BCUT2D eigenvalue weighted by molar-refractivity contribution is 0.274. The second-order valence-electron chi connectivity index (χ2n) is 4.02. The lowest BCUT2D eigenvalue weighted by Gasteiger charge is -2.31.